The fourth-order valence-electron chi connectivity index (χ4n) is 5.59. The molecule has 1 saturated heterocycles. The van der Waals surface area contributed by atoms with Gasteiger partial charge in [-0.2, -0.15) is 0 Å². The Morgan fingerprint density at radius 3 is 2.05 bits per heavy atom. The summed E-state index contributed by atoms with van der Waals surface area (Å²) in [5.41, 5.74) is 1.66. The predicted octanol–water partition coefficient (Wildman–Crippen LogP) is 4.78. The highest BCUT2D eigenvalue weighted by atomic mass is 16.7. The number of carbonyl (C=O) groups is 2. The summed E-state index contributed by atoms with van der Waals surface area (Å²) in [7, 11) is 0. The molecule has 3 aliphatic heterocycles. The molecular weight excluding hydrogens is 504 g/mol. The van der Waals surface area contributed by atoms with Crippen molar-refractivity contribution in [1.82, 2.24) is 9.80 Å². The molecule has 0 aromatic heterocycles. The molecule has 39 heavy (non-hydrogen) atoms. The lowest BCUT2D eigenvalue weighted by atomic mass is 9.90. The Morgan fingerprint density at radius 1 is 0.897 bits per heavy atom. The van der Waals surface area contributed by atoms with Crippen LogP contribution in [0.25, 0.3) is 0 Å². The van der Waals surface area contributed by atoms with Gasteiger partial charge < -0.3 is 33.7 Å². The zero-order valence-corrected chi connectivity index (χ0v) is 22.5. The van der Waals surface area contributed by atoms with Crippen molar-refractivity contribution >= 4 is 12.1 Å². The fourth-order valence-corrected chi connectivity index (χ4v) is 5.59. The van der Waals surface area contributed by atoms with Crippen LogP contribution in [0, 0.1) is 0 Å². The molecule has 1 amide bonds. The molecule has 0 unspecified atom stereocenters. The van der Waals surface area contributed by atoms with Crippen LogP contribution >= 0.6 is 0 Å². The maximum Gasteiger partial charge on any atom is 0.506 e. The molecule has 1 fully saturated rings. The summed E-state index contributed by atoms with van der Waals surface area (Å²) in [6, 6.07) is 10.7. The molecule has 0 aliphatic carbocycles. The molecular formula is C29H36N2O8. The van der Waals surface area contributed by atoms with Gasteiger partial charge in [-0.3, -0.25) is 9.69 Å². The van der Waals surface area contributed by atoms with Crippen molar-refractivity contribution in [3.05, 3.63) is 47.5 Å². The van der Waals surface area contributed by atoms with Gasteiger partial charge in [-0.15, -0.1) is 0 Å². The number of carboxylic acid groups (broad SMARTS) is 1. The smallest absolute Gasteiger partial charge is 0.454 e. The van der Waals surface area contributed by atoms with Gasteiger partial charge in [0.05, 0.1) is 12.6 Å². The first-order chi connectivity index (χ1) is 19.0. The van der Waals surface area contributed by atoms with Crippen molar-refractivity contribution in [3.63, 3.8) is 0 Å². The van der Waals surface area contributed by atoms with E-state index in [1.165, 1.54) is 0 Å². The third-order valence-electron chi connectivity index (χ3n) is 7.59. The minimum absolute atomic E-state index is 0.0306. The summed E-state index contributed by atoms with van der Waals surface area (Å²) in [6.45, 7) is 6.49. The molecule has 3 atom stereocenters. The third kappa shape index (κ3) is 5.85. The largest absolute Gasteiger partial charge is 0.506 e. The van der Waals surface area contributed by atoms with Crippen molar-refractivity contribution in [2.75, 3.05) is 39.8 Å². The Bertz CT molecular complexity index is 1180. The van der Waals surface area contributed by atoms with Gasteiger partial charge in [0, 0.05) is 25.6 Å². The summed E-state index contributed by atoms with van der Waals surface area (Å²) in [5.74, 6) is 2.18. The molecule has 2 aromatic rings. The van der Waals surface area contributed by atoms with E-state index in [-0.39, 0.29) is 32.0 Å². The predicted molar refractivity (Wildman–Crippen MR) is 141 cm³/mol. The van der Waals surface area contributed by atoms with Crippen LogP contribution in [0.2, 0.25) is 0 Å². The minimum Gasteiger partial charge on any atom is -0.454 e. The number of fused-ring (bicyclic) bond motifs is 2. The van der Waals surface area contributed by atoms with E-state index in [4.69, 9.17) is 23.7 Å². The van der Waals surface area contributed by atoms with E-state index in [1.54, 1.807) is 0 Å². The Labute approximate surface area is 228 Å². The van der Waals surface area contributed by atoms with Gasteiger partial charge in [-0.25, -0.2) is 4.79 Å². The number of rotatable bonds is 11. The molecule has 0 bridgehead atoms. The second kappa shape index (κ2) is 12.0. The first-order valence-corrected chi connectivity index (χ1v) is 13.7. The molecule has 5 rings (SSSR count). The number of hydrogen-bond acceptors (Lipinski definition) is 8. The van der Waals surface area contributed by atoms with E-state index in [9.17, 15) is 14.7 Å². The van der Waals surface area contributed by atoms with Crippen LogP contribution in [-0.4, -0.2) is 72.8 Å². The fraction of sp³-hybridized carbons (Fsp3) is 0.517. The van der Waals surface area contributed by atoms with Crippen LogP contribution in [-0.2, 0) is 9.53 Å². The van der Waals surface area contributed by atoms with Crippen LogP contribution < -0.4 is 18.9 Å². The van der Waals surface area contributed by atoms with E-state index >= 15 is 0 Å². The maximum absolute atomic E-state index is 13.6. The molecule has 1 N–H and O–H groups in total. The second-order valence-electron chi connectivity index (χ2n) is 10.1. The van der Waals surface area contributed by atoms with Crippen LogP contribution in [0.1, 0.15) is 62.6 Å². The first-order valence-electron chi connectivity index (χ1n) is 13.7. The standard InChI is InChI=1S/C29H36N2O8/c1-3-5-11-30(12-6-4-2)26(32)16-31-15-21(19-7-9-22-24(13-19)37-17-35-22)28(39-29(33)34)27(31)20-8-10-23-25(14-20)38-18-36-23/h7-10,13-14,21,27-28H,3-6,11-12,15-18H2,1-2H3,(H,33,34)/t21-,27-,28+/m1/s1. The van der Waals surface area contributed by atoms with Crippen LogP contribution in [0.5, 0.6) is 23.0 Å². The highest BCUT2D eigenvalue weighted by Crippen LogP contribution is 2.46. The molecule has 210 valence electrons. The van der Waals surface area contributed by atoms with E-state index in [1.807, 2.05) is 46.2 Å². The van der Waals surface area contributed by atoms with E-state index in [0.29, 0.717) is 42.6 Å². The average molecular weight is 541 g/mol. The van der Waals surface area contributed by atoms with Gasteiger partial charge in [0.1, 0.15) is 6.10 Å². The number of likely N-dealkylation sites (tertiary alicyclic amines) is 1. The Kier molecular flexibility index (Phi) is 8.30. The summed E-state index contributed by atoms with van der Waals surface area (Å²) < 4.78 is 27.8. The van der Waals surface area contributed by atoms with Crippen LogP contribution in [0.3, 0.4) is 0 Å². The average Bonchev–Trinajstić information content (AvgIpc) is 3.66. The molecule has 10 nitrogen and oxygen atoms in total. The van der Waals surface area contributed by atoms with Crippen molar-refractivity contribution in [2.24, 2.45) is 0 Å². The second-order valence-corrected chi connectivity index (χ2v) is 10.1. The number of hydrogen-bond donors (Lipinski definition) is 1. The van der Waals surface area contributed by atoms with Gasteiger partial charge >= 0.3 is 6.16 Å². The highest BCUT2D eigenvalue weighted by molar-refractivity contribution is 5.78. The summed E-state index contributed by atoms with van der Waals surface area (Å²) >= 11 is 0. The van der Waals surface area contributed by atoms with Gasteiger partial charge in [0.15, 0.2) is 23.0 Å². The Morgan fingerprint density at radius 2 is 1.46 bits per heavy atom. The van der Waals surface area contributed by atoms with Crippen molar-refractivity contribution in [1.29, 1.82) is 0 Å². The van der Waals surface area contributed by atoms with E-state index < -0.39 is 18.3 Å². The lowest BCUT2D eigenvalue weighted by molar-refractivity contribution is -0.133. The van der Waals surface area contributed by atoms with Gasteiger partial charge in [-0.05, 0) is 48.2 Å². The lowest BCUT2D eigenvalue weighted by Crippen LogP contribution is -2.42. The summed E-state index contributed by atoms with van der Waals surface area (Å²) in [5, 5.41) is 9.76. The Balaban J connectivity index is 1.49. The summed E-state index contributed by atoms with van der Waals surface area (Å²) in [4.78, 5) is 29.6. The lowest BCUT2D eigenvalue weighted by Gasteiger charge is -2.30. The number of amides is 1. The van der Waals surface area contributed by atoms with Crippen molar-refractivity contribution in [3.8, 4) is 23.0 Å². The third-order valence-corrected chi connectivity index (χ3v) is 7.59. The number of nitrogens with zero attached hydrogens (tertiary/aromatic N) is 2. The molecule has 0 radical (unpaired) electrons. The summed E-state index contributed by atoms with van der Waals surface area (Å²) in [6.07, 6.45) is 1.74. The first kappa shape index (κ1) is 26.9. The SMILES string of the molecule is CCCCN(CCCC)C(=O)CN1C[C@H](c2ccc3c(c2)OCO3)[C@H](OC(=O)O)[C@H]1c1ccc2c(c1)OCO2. The number of unbranched alkanes of at least 4 members (excludes halogenated alkanes) is 2. The number of ether oxygens (including phenoxy) is 5. The minimum atomic E-state index is -1.36. The molecule has 2 aromatic carbocycles. The monoisotopic (exact) mass is 540 g/mol. The molecule has 0 saturated carbocycles. The van der Waals surface area contributed by atoms with Crippen molar-refractivity contribution in [2.45, 2.75) is 57.6 Å². The number of benzene rings is 2. The van der Waals surface area contributed by atoms with E-state index in [0.717, 1.165) is 36.8 Å². The quantitative estimate of drug-likeness (QED) is 0.403. The Hall–Kier alpha value is -3.66. The molecule has 3 heterocycles. The zero-order chi connectivity index (χ0) is 27.4. The van der Waals surface area contributed by atoms with Gasteiger partial charge in [-0.1, -0.05) is 38.8 Å². The van der Waals surface area contributed by atoms with Crippen LogP contribution in [0.4, 0.5) is 4.79 Å². The molecule has 0 spiro atoms. The van der Waals surface area contributed by atoms with Gasteiger partial charge in [0.25, 0.3) is 0 Å². The molecule has 10 heteroatoms. The zero-order valence-electron chi connectivity index (χ0n) is 22.5. The van der Waals surface area contributed by atoms with Crippen molar-refractivity contribution < 1.29 is 38.4 Å². The van der Waals surface area contributed by atoms with Gasteiger partial charge in [0.2, 0.25) is 19.5 Å². The van der Waals surface area contributed by atoms with E-state index in [2.05, 4.69) is 13.8 Å². The molecule has 3 aliphatic rings. The maximum atomic E-state index is 13.6. The normalized spacial score (nSPS) is 21.2. The topological polar surface area (TPSA) is 107 Å². The highest BCUT2D eigenvalue weighted by Gasteiger charge is 2.47. The number of carbonyl (C=O) groups excluding carboxylic acids is 1. The van der Waals surface area contributed by atoms with Crippen LogP contribution in [0.15, 0.2) is 36.4 Å².